The molecule has 0 spiro atoms. The first kappa shape index (κ1) is 13.4. The molecule has 1 aliphatic carbocycles. The lowest BCUT2D eigenvalue weighted by molar-refractivity contribution is 0.348. The molecule has 1 fully saturated rings. The van der Waals surface area contributed by atoms with Gasteiger partial charge in [0.1, 0.15) is 5.82 Å². The topological polar surface area (TPSA) is 12.0 Å². The average Bonchev–Trinajstić information content (AvgIpc) is 2.70. The van der Waals surface area contributed by atoms with Gasteiger partial charge in [0.05, 0.1) is 0 Å². The first-order valence-electron chi connectivity index (χ1n) is 7.22. The zero-order valence-corrected chi connectivity index (χ0v) is 12.5. The maximum absolute atomic E-state index is 13.8. The highest BCUT2D eigenvalue weighted by Gasteiger charge is 2.33. The van der Waals surface area contributed by atoms with E-state index in [1.165, 1.54) is 24.8 Å². The summed E-state index contributed by atoms with van der Waals surface area (Å²) in [5.74, 6) is 0.961. The molecule has 1 saturated carbocycles. The van der Waals surface area contributed by atoms with E-state index in [9.17, 15) is 4.39 Å². The molecule has 0 aromatic heterocycles. The molecule has 104 valence electrons. The van der Waals surface area contributed by atoms with E-state index in [0.29, 0.717) is 17.5 Å². The molecular weight excluding hydrogens is 257 g/mol. The second-order valence-electron chi connectivity index (χ2n) is 6.62. The minimum absolute atomic E-state index is 0.0549. The van der Waals surface area contributed by atoms with E-state index in [-0.39, 0.29) is 5.82 Å². The Bertz CT molecular complexity index is 472. The van der Waals surface area contributed by atoms with E-state index in [1.807, 2.05) is 6.07 Å². The largest absolute Gasteiger partial charge is 0.307 e. The van der Waals surface area contributed by atoms with Crippen LogP contribution >= 0.6 is 11.8 Å². The monoisotopic (exact) mass is 279 g/mol. The van der Waals surface area contributed by atoms with Crippen LogP contribution in [0.4, 0.5) is 4.39 Å². The molecule has 0 saturated heterocycles. The molecule has 1 N–H and O–H groups in total. The van der Waals surface area contributed by atoms with Crippen molar-refractivity contribution in [3.05, 3.63) is 29.6 Å². The van der Waals surface area contributed by atoms with Crippen LogP contribution < -0.4 is 5.32 Å². The Morgan fingerprint density at radius 2 is 2.16 bits per heavy atom. The summed E-state index contributed by atoms with van der Waals surface area (Å²) >= 11 is 1.66. The van der Waals surface area contributed by atoms with E-state index in [2.05, 4.69) is 25.2 Å². The average molecular weight is 279 g/mol. The zero-order valence-electron chi connectivity index (χ0n) is 11.7. The molecule has 2 atom stereocenters. The van der Waals surface area contributed by atoms with Gasteiger partial charge < -0.3 is 5.32 Å². The molecular formula is C16H22FNS. The van der Waals surface area contributed by atoms with Crippen LogP contribution in [0.3, 0.4) is 0 Å². The Hall–Kier alpha value is -0.540. The Balaban J connectivity index is 1.76. The number of hydrogen-bond donors (Lipinski definition) is 1. The first-order valence-corrected chi connectivity index (χ1v) is 8.21. The highest BCUT2D eigenvalue weighted by atomic mass is 32.2. The summed E-state index contributed by atoms with van der Waals surface area (Å²) in [6, 6.07) is 6.44. The molecule has 3 heteroatoms. The summed E-state index contributed by atoms with van der Waals surface area (Å²) in [5, 5.41) is 3.78. The van der Waals surface area contributed by atoms with Crippen molar-refractivity contribution in [1.29, 1.82) is 0 Å². The molecule has 1 nitrogen and oxygen atoms in total. The SMILES string of the molecule is CC1(C)CCC(NC2CCSc3c(F)cccc32)C1. The summed E-state index contributed by atoms with van der Waals surface area (Å²) < 4.78 is 13.8. The minimum atomic E-state index is -0.0549. The quantitative estimate of drug-likeness (QED) is 0.853. The van der Waals surface area contributed by atoms with Crippen molar-refractivity contribution in [2.75, 3.05) is 5.75 Å². The van der Waals surface area contributed by atoms with Gasteiger partial charge in [-0.05, 0) is 48.5 Å². The number of hydrogen-bond acceptors (Lipinski definition) is 2. The summed E-state index contributed by atoms with van der Waals surface area (Å²) in [4.78, 5) is 0.864. The fourth-order valence-corrected chi connectivity index (χ4v) is 4.56. The normalized spacial score (nSPS) is 29.2. The summed E-state index contributed by atoms with van der Waals surface area (Å²) in [6.07, 6.45) is 4.89. The highest BCUT2D eigenvalue weighted by molar-refractivity contribution is 7.99. The maximum Gasteiger partial charge on any atom is 0.137 e. The molecule has 0 radical (unpaired) electrons. The molecule has 0 bridgehead atoms. The predicted octanol–water partition coefficient (Wildman–Crippen LogP) is 4.53. The van der Waals surface area contributed by atoms with Gasteiger partial charge in [0, 0.05) is 17.0 Å². The summed E-state index contributed by atoms with van der Waals surface area (Å²) in [6.45, 7) is 4.69. The van der Waals surface area contributed by atoms with E-state index >= 15 is 0 Å². The Labute approximate surface area is 119 Å². The Kier molecular flexibility index (Phi) is 3.61. The smallest absolute Gasteiger partial charge is 0.137 e. The van der Waals surface area contributed by atoms with Gasteiger partial charge in [-0.15, -0.1) is 11.8 Å². The van der Waals surface area contributed by atoms with E-state index in [4.69, 9.17) is 0 Å². The number of nitrogens with one attached hydrogen (secondary N) is 1. The first-order chi connectivity index (χ1) is 9.05. The summed E-state index contributed by atoms with van der Waals surface area (Å²) in [7, 11) is 0. The van der Waals surface area contributed by atoms with Crippen molar-refractivity contribution >= 4 is 11.8 Å². The second-order valence-corrected chi connectivity index (χ2v) is 7.72. The lowest BCUT2D eigenvalue weighted by Gasteiger charge is -2.29. The van der Waals surface area contributed by atoms with Gasteiger partial charge >= 0.3 is 0 Å². The van der Waals surface area contributed by atoms with Gasteiger partial charge in [-0.3, -0.25) is 0 Å². The van der Waals surface area contributed by atoms with Crippen LogP contribution in [0.15, 0.2) is 23.1 Å². The molecule has 2 unspecified atom stereocenters. The van der Waals surface area contributed by atoms with Gasteiger partial charge in [0.15, 0.2) is 0 Å². The van der Waals surface area contributed by atoms with E-state index < -0.39 is 0 Å². The fraction of sp³-hybridized carbons (Fsp3) is 0.625. The van der Waals surface area contributed by atoms with Crippen LogP contribution in [0.25, 0.3) is 0 Å². The Morgan fingerprint density at radius 1 is 1.32 bits per heavy atom. The van der Waals surface area contributed by atoms with E-state index in [0.717, 1.165) is 17.1 Å². The van der Waals surface area contributed by atoms with Gasteiger partial charge in [0.2, 0.25) is 0 Å². The molecule has 2 aliphatic rings. The zero-order chi connectivity index (χ0) is 13.5. The lowest BCUT2D eigenvalue weighted by atomic mass is 9.91. The number of rotatable bonds is 2. The van der Waals surface area contributed by atoms with Crippen molar-refractivity contribution in [3.8, 4) is 0 Å². The van der Waals surface area contributed by atoms with Crippen LogP contribution in [0.2, 0.25) is 0 Å². The number of thioether (sulfide) groups is 1. The fourth-order valence-electron chi connectivity index (χ4n) is 3.42. The molecule has 1 aromatic rings. The van der Waals surface area contributed by atoms with Gasteiger partial charge in [0.25, 0.3) is 0 Å². The van der Waals surface area contributed by atoms with Gasteiger partial charge in [-0.25, -0.2) is 4.39 Å². The third-order valence-corrected chi connectivity index (χ3v) is 5.59. The maximum atomic E-state index is 13.8. The molecule has 1 aliphatic heterocycles. The standard InChI is InChI=1S/C16H22FNS/c1-16(2)8-6-11(10-16)18-14-7-9-19-15-12(14)4-3-5-13(15)17/h3-5,11,14,18H,6-10H2,1-2H3. The third-order valence-electron chi connectivity index (χ3n) is 4.43. The number of halogens is 1. The minimum Gasteiger partial charge on any atom is -0.307 e. The van der Waals surface area contributed by atoms with Crippen LogP contribution in [0, 0.1) is 11.2 Å². The van der Waals surface area contributed by atoms with Crippen molar-refractivity contribution < 1.29 is 4.39 Å². The molecule has 19 heavy (non-hydrogen) atoms. The van der Waals surface area contributed by atoms with Gasteiger partial charge in [-0.2, -0.15) is 0 Å². The number of benzene rings is 1. The third kappa shape index (κ3) is 2.82. The molecule has 0 amide bonds. The van der Waals surface area contributed by atoms with Crippen molar-refractivity contribution in [1.82, 2.24) is 5.32 Å². The van der Waals surface area contributed by atoms with Crippen molar-refractivity contribution in [3.63, 3.8) is 0 Å². The van der Waals surface area contributed by atoms with Crippen LogP contribution in [-0.2, 0) is 0 Å². The van der Waals surface area contributed by atoms with Crippen LogP contribution in [-0.4, -0.2) is 11.8 Å². The number of fused-ring (bicyclic) bond motifs is 1. The molecule has 3 rings (SSSR count). The Morgan fingerprint density at radius 3 is 2.89 bits per heavy atom. The highest BCUT2D eigenvalue weighted by Crippen LogP contribution is 2.41. The van der Waals surface area contributed by atoms with Crippen LogP contribution in [0.5, 0.6) is 0 Å². The van der Waals surface area contributed by atoms with Crippen molar-refractivity contribution in [2.45, 2.75) is 56.5 Å². The second kappa shape index (κ2) is 5.10. The summed E-state index contributed by atoms with van der Waals surface area (Å²) in [5.41, 5.74) is 1.63. The van der Waals surface area contributed by atoms with E-state index in [1.54, 1.807) is 17.8 Å². The lowest BCUT2D eigenvalue weighted by Crippen LogP contribution is -2.33. The van der Waals surface area contributed by atoms with Gasteiger partial charge in [-0.1, -0.05) is 26.0 Å². The molecule has 1 aromatic carbocycles. The van der Waals surface area contributed by atoms with Crippen molar-refractivity contribution in [2.24, 2.45) is 5.41 Å². The predicted molar refractivity (Wildman–Crippen MR) is 79.0 cm³/mol. The molecule has 1 heterocycles. The van der Waals surface area contributed by atoms with Crippen LogP contribution in [0.1, 0.15) is 51.1 Å².